The summed E-state index contributed by atoms with van der Waals surface area (Å²) in [6.07, 6.45) is 0. The van der Waals surface area contributed by atoms with E-state index in [0.717, 1.165) is 12.1 Å². The Morgan fingerprint density at radius 3 is 2.38 bits per heavy atom. The second-order valence-electron chi connectivity index (χ2n) is 5.66. The summed E-state index contributed by atoms with van der Waals surface area (Å²) in [6.45, 7) is 1.22. The summed E-state index contributed by atoms with van der Waals surface area (Å²) >= 11 is 3.10. The van der Waals surface area contributed by atoms with Crippen molar-refractivity contribution in [3.05, 3.63) is 73.7 Å². The molecule has 0 spiro atoms. The minimum Gasteiger partial charge on any atom is -0.348 e. The van der Waals surface area contributed by atoms with Crippen molar-refractivity contribution in [3.8, 4) is 0 Å². The van der Waals surface area contributed by atoms with Gasteiger partial charge in [-0.15, -0.1) is 0 Å². The van der Waals surface area contributed by atoms with E-state index in [1.807, 2.05) is 38.4 Å². The molecule has 0 radical (unpaired) electrons. The van der Waals surface area contributed by atoms with Crippen LogP contribution in [0.25, 0.3) is 0 Å². The van der Waals surface area contributed by atoms with Crippen LogP contribution in [0.3, 0.4) is 0 Å². The number of hydrogen-bond donors (Lipinski definition) is 1. The third-order valence-electron chi connectivity index (χ3n) is 3.38. The molecule has 126 valence electrons. The van der Waals surface area contributed by atoms with Gasteiger partial charge < -0.3 is 10.2 Å². The van der Waals surface area contributed by atoms with Crippen LogP contribution in [-0.4, -0.2) is 29.8 Å². The van der Waals surface area contributed by atoms with Crippen LogP contribution in [0.1, 0.15) is 21.5 Å². The Morgan fingerprint density at radius 1 is 1.17 bits per heavy atom. The van der Waals surface area contributed by atoms with Crippen molar-refractivity contribution < 1.29 is 9.72 Å². The maximum Gasteiger partial charge on any atom is 0.284 e. The Labute approximate surface area is 148 Å². The van der Waals surface area contributed by atoms with E-state index < -0.39 is 4.92 Å². The molecule has 2 aromatic rings. The van der Waals surface area contributed by atoms with Gasteiger partial charge in [0.1, 0.15) is 0 Å². The normalized spacial score (nSPS) is 10.7. The summed E-state index contributed by atoms with van der Waals surface area (Å²) in [4.78, 5) is 24.6. The lowest BCUT2D eigenvalue weighted by atomic mass is 10.1. The molecule has 0 aromatic heterocycles. The van der Waals surface area contributed by atoms with E-state index in [0.29, 0.717) is 11.0 Å². The van der Waals surface area contributed by atoms with Gasteiger partial charge in [-0.25, -0.2) is 0 Å². The molecule has 0 bridgehead atoms. The molecule has 0 aliphatic rings. The van der Waals surface area contributed by atoms with Crippen LogP contribution in [0.4, 0.5) is 5.69 Å². The van der Waals surface area contributed by atoms with Crippen molar-refractivity contribution in [2.24, 2.45) is 0 Å². The maximum atomic E-state index is 12.2. The summed E-state index contributed by atoms with van der Waals surface area (Å²) in [6, 6.07) is 12.3. The Hall–Kier alpha value is -2.25. The summed E-state index contributed by atoms with van der Waals surface area (Å²) in [7, 11) is 4.01. The Morgan fingerprint density at radius 2 is 1.79 bits per heavy atom. The van der Waals surface area contributed by atoms with E-state index in [9.17, 15) is 14.9 Å². The fraction of sp³-hybridized carbons (Fsp3) is 0.235. The lowest BCUT2D eigenvalue weighted by Gasteiger charge is -2.10. The zero-order valence-electron chi connectivity index (χ0n) is 13.5. The molecule has 0 unspecified atom stereocenters. The van der Waals surface area contributed by atoms with Gasteiger partial charge in [-0.05, 0) is 53.3 Å². The molecule has 2 rings (SSSR count). The molecule has 7 heteroatoms. The summed E-state index contributed by atoms with van der Waals surface area (Å²) in [5, 5.41) is 13.7. The number of hydrogen-bond acceptors (Lipinski definition) is 4. The van der Waals surface area contributed by atoms with Crippen molar-refractivity contribution in [3.63, 3.8) is 0 Å². The average Bonchev–Trinajstić information content (AvgIpc) is 2.53. The SMILES string of the molecule is CN(C)Cc1ccc(CNC(=O)c2ccc(Br)c([N+](=O)[O-])c2)cc1. The first kappa shape index (κ1) is 18.1. The standard InChI is InChI=1S/C17H18BrN3O3/c1-20(2)11-13-5-3-12(4-6-13)10-19-17(22)14-7-8-15(18)16(9-14)21(23)24/h3-9H,10-11H2,1-2H3,(H,19,22). The molecule has 1 N–H and O–H groups in total. The number of nitro benzene ring substituents is 1. The molecule has 1 amide bonds. The molecule has 24 heavy (non-hydrogen) atoms. The van der Waals surface area contributed by atoms with Crippen LogP contribution in [-0.2, 0) is 13.1 Å². The number of nitrogens with one attached hydrogen (secondary N) is 1. The molecule has 0 heterocycles. The van der Waals surface area contributed by atoms with Crippen LogP contribution in [0.5, 0.6) is 0 Å². The van der Waals surface area contributed by atoms with Gasteiger partial charge in [-0.3, -0.25) is 14.9 Å². The first-order valence-corrected chi connectivity index (χ1v) is 8.11. The summed E-state index contributed by atoms with van der Waals surface area (Å²) < 4.78 is 0.348. The first-order valence-electron chi connectivity index (χ1n) is 7.31. The number of nitro groups is 1. The van der Waals surface area contributed by atoms with Gasteiger partial charge in [0.25, 0.3) is 11.6 Å². The molecule has 0 aliphatic heterocycles. The van der Waals surface area contributed by atoms with E-state index in [4.69, 9.17) is 0 Å². The molecule has 0 aliphatic carbocycles. The topological polar surface area (TPSA) is 75.5 Å². The number of benzene rings is 2. The van der Waals surface area contributed by atoms with E-state index in [2.05, 4.69) is 26.1 Å². The van der Waals surface area contributed by atoms with Gasteiger partial charge in [0.05, 0.1) is 9.40 Å². The van der Waals surface area contributed by atoms with E-state index in [1.54, 1.807) is 6.07 Å². The van der Waals surface area contributed by atoms with Gasteiger partial charge in [0.2, 0.25) is 0 Å². The predicted molar refractivity (Wildman–Crippen MR) is 95.8 cm³/mol. The lowest BCUT2D eigenvalue weighted by Crippen LogP contribution is -2.22. The van der Waals surface area contributed by atoms with Crippen molar-refractivity contribution in [2.75, 3.05) is 14.1 Å². The van der Waals surface area contributed by atoms with Gasteiger partial charge in [-0.1, -0.05) is 24.3 Å². The Balaban J connectivity index is 2.00. The van der Waals surface area contributed by atoms with E-state index >= 15 is 0 Å². The minimum absolute atomic E-state index is 0.129. The van der Waals surface area contributed by atoms with Gasteiger partial charge in [0.15, 0.2) is 0 Å². The zero-order valence-corrected chi connectivity index (χ0v) is 15.0. The zero-order chi connectivity index (χ0) is 17.7. The van der Waals surface area contributed by atoms with E-state index in [1.165, 1.54) is 17.7 Å². The molecule has 0 fully saturated rings. The smallest absolute Gasteiger partial charge is 0.284 e. The van der Waals surface area contributed by atoms with Crippen LogP contribution in [0.15, 0.2) is 46.9 Å². The average molecular weight is 392 g/mol. The van der Waals surface area contributed by atoms with Crippen molar-refractivity contribution in [1.29, 1.82) is 0 Å². The fourth-order valence-corrected chi connectivity index (χ4v) is 2.60. The number of carbonyl (C=O) groups is 1. The quantitative estimate of drug-likeness (QED) is 0.604. The summed E-state index contributed by atoms with van der Waals surface area (Å²) in [5.41, 5.74) is 2.29. The van der Waals surface area contributed by atoms with Gasteiger partial charge in [0, 0.05) is 24.7 Å². The molecule has 0 saturated heterocycles. The van der Waals surface area contributed by atoms with Gasteiger partial charge in [-0.2, -0.15) is 0 Å². The predicted octanol–water partition coefficient (Wildman–Crippen LogP) is 3.35. The highest BCUT2D eigenvalue weighted by Crippen LogP contribution is 2.25. The minimum atomic E-state index is -0.523. The third-order valence-corrected chi connectivity index (χ3v) is 4.05. The number of carbonyl (C=O) groups excluding carboxylic acids is 1. The monoisotopic (exact) mass is 391 g/mol. The fourth-order valence-electron chi connectivity index (χ4n) is 2.21. The van der Waals surface area contributed by atoms with Crippen LogP contribution in [0, 0.1) is 10.1 Å². The third kappa shape index (κ3) is 4.87. The van der Waals surface area contributed by atoms with Crippen LogP contribution >= 0.6 is 15.9 Å². The molecular formula is C17H18BrN3O3. The lowest BCUT2D eigenvalue weighted by molar-refractivity contribution is -0.385. The second kappa shape index (κ2) is 8.03. The van der Waals surface area contributed by atoms with Crippen molar-refractivity contribution in [1.82, 2.24) is 10.2 Å². The highest BCUT2D eigenvalue weighted by Gasteiger charge is 2.15. The number of halogens is 1. The Bertz CT molecular complexity index is 745. The van der Waals surface area contributed by atoms with Crippen molar-refractivity contribution in [2.45, 2.75) is 13.1 Å². The van der Waals surface area contributed by atoms with Crippen molar-refractivity contribution >= 4 is 27.5 Å². The highest BCUT2D eigenvalue weighted by molar-refractivity contribution is 9.10. The van der Waals surface area contributed by atoms with Crippen LogP contribution < -0.4 is 5.32 Å². The second-order valence-corrected chi connectivity index (χ2v) is 6.51. The van der Waals surface area contributed by atoms with Crippen LogP contribution in [0.2, 0.25) is 0 Å². The molecule has 0 atom stereocenters. The number of rotatable bonds is 6. The Kier molecular flexibility index (Phi) is 6.05. The largest absolute Gasteiger partial charge is 0.348 e. The molecule has 6 nitrogen and oxygen atoms in total. The molecule has 2 aromatic carbocycles. The first-order chi connectivity index (χ1) is 11.4. The molecule has 0 saturated carbocycles. The number of nitrogens with zero attached hydrogens (tertiary/aromatic N) is 2. The number of amides is 1. The van der Waals surface area contributed by atoms with Gasteiger partial charge >= 0.3 is 0 Å². The van der Waals surface area contributed by atoms with E-state index in [-0.39, 0.29) is 17.2 Å². The molecular weight excluding hydrogens is 374 g/mol. The highest BCUT2D eigenvalue weighted by atomic mass is 79.9. The summed E-state index contributed by atoms with van der Waals surface area (Å²) in [5.74, 6) is -0.344. The maximum absolute atomic E-state index is 12.2.